The van der Waals surface area contributed by atoms with Crippen LogP contribution >= 0.6 is 0 Å². The third kappa shape index (κ3) is 6.36. The Bertz CT molecular complexity index is 633. The number of hydrogen-bond acceptors (Lipinski definition) is 6. The lowest BCUT2D eigenvalue weighted by Crippen LogP contribution is -2.42. The zero-order valence-corrected chi connectivity index (χ0v) is 13.4. The molecule has 8 nitrogen and oxygen atoms in total. The lowest BCUT2D eigenvalue weighted by atomic mass is 10.2. The van der Waals surface area contributed by atoms with E-state index in [1.54, 1.807) is 13.8 Å². The van der Waals surface area contributed by atoms with E-state index in [2.05, 4.69) is 11.2 Å². The first kappa shape index (κ1) is 19.0. The molecule has 0 aliphatic heterocycles. The lowest BCUT2D eigenvalue weighted by molar-refractivity contribution is -0.384. The van der Waals surface area contributed by atoms with E-state index in [1.165, 1.54) is 24.3 Å². The molecular formula is C16H18N2O6. The molecule has 1 N–H and O–H groups in total. The summed E-state index contributed by atoms with van der Waals surface area (Å²) in [5.74, 6) is 1.64. The maximum absolute atomic E-state index is 11.8. The molecule has 1 aromatic carbocycles. The van der Waals surface area contributed by atoms with Gasteiger partial charge in [0.15, 0.2) is 0 Å². The monoisotopic (exact) mass is 334 g/mol. The van der Waals surface area contributed by atoms with Crippen molar-refractivity contribution in [2.24, 2.45) is 0 Å². The van der Waals surface area contributed by atoms with E-state index in [0.717, 1.165) is 0 Å². The fourth-order valence-electron chi connectivity index (χ4n) is 1.67. The quantitative estimate of drug-likeness (QED) is 0.354. The average Bonchev–Trinajstić information content (AvgIpc) is 2.52. The maximum Gasteiger partial charge on any atom is 0.408 e. The number of amides is 1. The van der Waals surface area contributed by atoms with Crippen LogP contribution in [0.5, 0.6) is 0 Å². The van der Waals surface area contributed by atoms with Crippen LogP contribution in [0.15, 0.2) is 24.3 Å². The highest BCUT2D eigenvalue weighted by Crippen LogP contribution is 2.12. The highest BCUT2D eigenvalue weighted by Gasteiger charge is 2.23. The number of terminal acetylenes is 1. The molecule has 8 heteroatoms. The van der Waals surface area contributed by atoms with Crippen molar-refractivity contribution in [3.8, 4) is 12.3 Å². The number of esters is 1. The van der Waals surface area contributed by atoms with Crippen LogP contribution in [0.25, 0.3) is 0 Å². The van der Waals surface area contributed by atoms with Crippen molar-refractivity contribution in [3.05, 3.63) is 39.9 Å². The van der Waals surface area contributed by atoms with Crippen molar-refractivity contribution < 1.29 is 24.0 Å². The average molecular weight is 334 g/mol. The normalized spacial score (nSPS) is 11.2. The molecule has 1 atom stereocenters. The number of nitrogens with one attached hydrogen (secondary N) is 1. The second kappa shape index (κ2) is 9.15. The molecule has 0 aromatic heterocycles. The third-order valence-corrected chi connectivity index (χ3v) is 2.77. The Balaban J connectivity index is 2.55. The Morgan fingerprint density at radius 1 is 1.33 bits per heavy atom. The second-order valence-electron chi connectivity index (χ2n) is 5.09. The molecule has 1 rings (SSSR count). The van der Waals surface area contributed by atoms with Crippen LogP contribution < -0.4 is 5.32 Å². The van der Waals surface area contributed by atoms with Crippen LogP contribution in [0.3, 0.4) is 0 Å². The molecule has 0 spiro atoms. The van der Waals surface area contributed by atoms with Crippen LogP contribution in [0.2, 0.25) is 0 Å². The number of alkyl carbamates (subject to hydrolysis) is 1. The number of benzene rings is 1. The number of rotatable bonds is 7. The Kier molecular flexibility index (Phi) is 7.23. The Labute approximate surface area is 139 Å². The number of hydrogen-bond donors (Lipinski definition) is 1. The van der Waals surface area contributed by atoms with Gasteiger partial charge in [-0.3, -0.25) is 10.1 Å². The molecule has 24 heavy (non-hydrogen) atoms. The molecule has 0 aliphatic carbocycles. The zero-order chi connectivity index (χ0) is 18.1. The van der Waals surface area contributed by atoms with Crippen molar-refractivity contribution in [1.29, 1.82) is 0 Å². The minimum absolute atomic E-state index is 0.0296. The second-order valence-corrected chi connectivity index (χ2v) is 5.09. The van der Waals surface area contributed by atoms with Gasteiger partial charge in [0, 0.05) is 18.6 Å². The zero-order valence-electron chi connectivity index (χ0n) is 13.4. The molecule has 0 saturated carbocycles. The summed E-state index contributed by atoms with van der Waals surface area (Å²) in [5.41, 5.74) is 0.503. The van der Waals surface area contributed by atoms with E-state index in [9.17, 15) is 19.7 Å². The molecule has 0 fully saturated rings. The fourth-order valence-corrected chi connectivity index (χ4v) is 1.67. The van der Waals surface area contributed by atoms with Gasteiger partial charge in [0.05, 0.1) is 11.0 Å². The number of carbonyl (C=O) groups excluding carboxylic acids is 2. The first-order chi connectivity index (χ1) is 11.3. The molecule has 0 heterocycles. The summed E-state index contributed by atoms with van der Waals surface area (Å²) < 4.78 is 9.96. The topological polar surface area (TPSA) is 108 Å². The molecule has 1 unspecified atom stereocenters. The first-order valence-corrected chi connectivity index (χ1v) is 7.14. The van der Waals surface area contributed by atoms with Crippen molar-refractivity contribution in [3.63, 3.8) is 0 Å². The number of nitrogens with zero attached hydrogens (tertiary/aromatic N) is 1. The van der Waals surface area contributed by atoms with Crippen LogP contribution in [0.4, 0.5) is 10.5 Å². The summed E-state index contributed by atoms with van der Waals surface area (Å²) in [6.45, 7) is 3.25. The lowest BCUT2D eigenvalue weighted by Gasteiger charge is -2.17. The number of nitro benzene ring substituents is 1. The number of non-ortho nitro benzene ring substituents is 1. The molecular weight excluding hydrogens is 316 g/mol. The van der Waals surface area contributed by atoms with Gasteiger partial charge >= 0.3 is 12.1 Å². The summed E-state index contributed by atoms with van der Waals surface area (Å²) in [4.78, 5) is 33.6. The number of ether oxygens (including phenoxy) is 2. The smallest absolute Gasteiger partial charge is 0.408 e. The van der Waals surface area contributed by atoms with Crippen molar-refractivity contribution in [1.82, 2.24) is 5.32 Å². The maximum atomic E-state index is 11.8. The summed E-state index contributed by atoms with van der Waals surface area (Å²) in [7, 11) is 0. The predicted molar refractivity (Wildman–Crippen MR) is 84.9 cm³/mol. The molecule has 0 radical (unpaired) electrons. The van der Waals surface area contributed by atoms with Crippen molar-refractivity contribution >= 4 is 17.7 Å². The molecule has 1 aromatic rings. The first-order valence-electron chi connectivity index (χ1n) is 7.14. The van der Waals surface area contributed by atoms with E-state index < -0.39 is 23.0 Å². The largest absolute Gasteiger partial charge is 0.461 e. The van der Waals surface area contributed by atoms with Crippen LogP contribution in [-0.4, -0.2) is 29.1 Å². The summed E-state index contributed by atoms with van der Waals surface area (Å²) >= 11 is 0. The van der Waals surface area contributed by atoms with Gasteiger partial charge in [0.1, 0.15) is 12.6 Å². The SMILES string of the molecule is C#CCC(NC(=O)OCc1ccc([N+](=O)[O-])cc1)C(=O)OC(C)C. The van der Waals surface area contributed by atoms with Crippen LogP contribution in [0.1, 0.15) is 25.8 Å². The van der Waals surface area contributed by atoms with E-state index in [1.807, 2.05) is 0 Å². The minimum atomic E-state index is -0.998. The van der Waals surface area contributed by atoms with Gasteiger partial charge in [-0.2, -0.15) is 0 Å². The van der Waals surface area contributed by atoms with E-state index >= 15 is 0 Å². The van der Waals surface area contributed by atoms with Gasteiger partial charge in [-0.25, -0.2) is 9.59 Å². The van der Waals surface area contributed by atoms with Gasteiger partial charge in [-0.15, -0.1) is 12.3 Å². The molecule has 0 aliphatic rings. The Morgan fingerprint density at radius 3 is 2.46 bits per heavy atom. The number of nitro groups is 1. The van der Waals surface area contributed by atoms with Gasteiger partial charge < -0.3 is 14.8 Å². The fraction of sp³-hybridized carbons (Fsp3) is 0.375. The molecule has 0 bridgehead atoms. The highest BCUT2D eigenvalue weighted by molar-refractivity contribution is 5.81. The molecule has 128 valence electrons. The Hall–Kier alpha value is -3.08. The van der Waals surface area contributed by atoms with Crippen LogP contribution in [0, 0.1) is 22.5 Å². The standard InChI is InChI=1S/C16H18N2O6/c1-4-5-14(15(19)24-11(2)3)17-16(20)23-10-12-6-8-13(9-7-12)18(21)22/h1,6-9,11,14H,5,10H2,2-3H3,(H,17,20). The van der Waals surface area contributed by atoms with Gasteiger partial charge in [0.25, 0.3) is 5.69 Å². The van der Waals surface area contributed by atoms with E-state index in [4.69, 9.17) is 15.9 Å². The van der Waals surface area contributed by atoms with Gasteiger partial charge in [-0.1, -0.05) is 0 Å². The van der Waals surface area contributed by atoms with Crippen LogP contribution in [-0.2, 0) is 20.9 Å². The van der Waals surface area contributed by atoms with E-state index in [-0.39, 0.29) is 24.8 Å². The summed E-state index contributed by atoms with van der Waals surface area (Å²) in [6.07, 6.45) is 3.97. The highest BCUT2D eigenvalue weighted by atomic mass is 16.6. The van der Waals surface area contributed by atoms with Gasteiger partial charge in [0.2, 0.25) is 0 Å². The Morgan fingerprint density at radius 2 is 1.96 bits per heavy atom. The third-order valence-electron chi connectivity index (χ3n) is 2.77. The number of carbonyl (C=O) groups is 2. The van der Waals surface area contributed by atoms with Gasteiger partial charge in [-0.05, 0) is 31.5 Å². The molecule has 0 saturated heterocycles. The van der Waals surface area contributed by atoms with Crippen molar-refractivity contribution in [2.45, 2.75) is 39.0 Å². The summed E-state index contributed by atoms with van der Waals surface area (Å²) in [6, 6.07) is 4.55. The van der Waals surface area contributed by atoms with E-state index in [0.29, 0.717) is 5.56 Å². The minimum Gasteiger partial charge on any atom is -0.461 e. The van der Waals surface area contributed by atoms with Crippen molar-refractivity contribution in [2.75, 3.05) is 0 Å². The summed E-state index contributed by atoms with van der Waals surface area (Å²) in [5, 5.41) is 12.9. The molecule has 1 amide bonds. The predicted octanol–water partition coefficient (Wildman–Crippen LogP) is 2.16.